The lowest BCUT2D eigenvalue weighted by molar-refractivity contribution is 0.0920. The third-order valence-corrected chi connectivity index (χ3v) is 3.91. The number of phenols is 1. The van der Waals surface area contributed by atoms with E-state index in [1.165, 1.54) is 6.20 Å². The number of carbonyl (C=O) groups excluding carboxylic acids is 1. The van der Waals surface area contributed by atoms with Crippen LogP contribution in [0.5, 0.6) is 5.75 Å². The maximum Gasteiger partial charge on any atom is 0.323 e. The second kappa shape index (κ2) is 6.19. The second-order valence-electron chi connectivity index (χ2n) is 5.93. The van der Waals surface area contributed by atoms with Gasteiger partial charge in [-0.2, -0.15) is 0 Å². The average Bonchev–Trinajstić information content (AvgIpc) is 3.00. The summed E-state index contributed by atoms with van der Waals surface area (Å²) in [5.74, 6) is -0.353. The van der Waals surface area contributed by atoms with Crippen molar-refractivity contribution in [2.45, 2.75) is 19.9 Å². The zero-order valence-electron chi connectivity index (χ0n) is 13.3. The van der Waals surface area contributed by atoms with Gasteiger partial charge in [0.05, 0.1) is 6.04 Å². The topological polar surface area (TPSA) is 111 Å². The maximum absolute atomic E-state index is 12.3. The fraction of sp³-hybridized carbons (Fsp3) is 0.235. The Kier molecular flexibility index (Phi) is 4.07. The molecule has 0 aliphatic rings. The Bertz CT molecular complexity index is 942. The highest BCUT2D eigenvalue weighted by Crippen LogP contribution is 2.34. The van der Waals surface area contributed by atoms with E-state index in [4.69, 9.17) is 0 Å². The fourth-order valence-electron chi connectivity index (χ4n) is 2.67. The van der Waals surface area contributed by atoms with Gasteiger partial charge in [0.1, 0.15) is 17.0 Å². The van der Waals surface area contributed by atoms with Crippen molar-refractivity contribution in [1.29, 1.82) is 0 Å². The largest absolute Gasteiger partial charge is 0.505 e. The smallest absolute Gasteiger partial charge is 0.323 e. The third kappa shape index (κ3) is 2.88. The number of hydrogen-bond acceptors (Lipinski definition) is 4. The van der Waals surface area contributed by atoms with Crippen molar-refractivity contribution in [2.75, 3.05) is 0 Å². The van der Waals surface area contributed by atoms with E-state index in [2.05, 4.69) is 20.3 Å². The predicted molar refractivity (Wildman–Crippen MR) is 89.9 cm³/mol. The maximum atomic E-state index is 12.3. The number of aromatic amines is 2. The molecule has 2 heterocycles. The lowest BCUT2D eigenvalue weighted by atomic mass is 9.94. The minimum Gasteiger partial charge on any atom is -0.505 e. The summed E-state index contributed by atoms with van der Waals surface area (Å²) in [4.78, 5) is 32.5. The van der Waals surface area contributed by atoms with E-state index in [9.17, 15) is 14.7 Å². The fourth-order valence-corrected chi connectivity index (χ4v) is 2.67. The number of imidazole rings is 1. The first kappa shape index (κ1) is 15.8. The van der Waals surface area contributed by atoms with Crippen LogP contribution < -0.4 is 11.0 Å². The molecule has 0 saturated carbocycles. The van der Waals surface area contributed by atoms with Crippen LogP contribution in [0.15, 0.2) is 41.5 Å². The van der Waals surface area contributed by atoms with Gasteiger partial charge in [0.2, 0.25) is 0 Å². The lowest BCUT2D eigenvalue weighted by Gasteiger charge is -2.23. The van der Waals surface area contributed by atoms with Crippen LogP contribution in [0, 0.1) is 5.92 Å². The third-order valence-electron chi connectivity index (χ3n) is 3.91. The standard InChI is InChI=1S/C17H18N4O3/c1-9(2)13(21-16(23)12-8-19-17(24)20-12)11-6-5-10-4-3-7-18-14(10)15(11)22/h3-9,13,22H,1-2H3,(H,21,23)(H2,19,20,24). The predicted octanol–water partition coefficient (Wildman–Crippen LogP) is 2.08. The van der Waals surface area contributed by atoms with Crippen molar-refractivity contribution in [3.8, 4) is 5.75 Å². The Hall–Kier alpha value is -3.09. The van der Waals surface area contributed by atoms with Crippen molar-refractivity contribution >= 4 is 16.8 Å². The van der Waals surface area contributed by atoms with Crippen LogP contribution in [0.2, 0.25) is 0 Å². The van der Waals surface area contributed by atoms with E-state index in [-0.39, 0.29) is 17.4 Å². The number of fused-ring (bicyclic) bond motifs is 1. The number of carbonyl (C=O) groups is 1. The highest BCUT2D eigenvalue weighted by molar-refractivity contribution is 5.92. The number of aromatic nitrogens is 3. The van der Waals surface area contributed by atoms with Crippen LogP contribution in [0.25, 0.3) is 10.9 Å². The summed E-state index contributed by atoms with van der Waals surface area (Å²) >= 11 is 0. The summed E-state index contributed by atoms with van der Waals surface area (Å²) in [6.07, 6.45) is 2.93. The van der Waals surface area contributed by atoms with E-state index < -0.39 is 17.6 Å². The monoisotopic (exact) mass is 326 g/mol. The summed E-state index contributed by atoms with van der Waals surface area (Å²) in [6, 6.07) is 6.87. The SMILES string of the molecule is CC(C)C(NC(=O)c1c[nH]c(=O)[nH]1)c1ccc2cccnc2c1O. The molecular weight excluding hydrogens is 308 g/mol. The zero-order chi connectivity index (χ0) is 17.3. The van der Waals surface area contributed by atoms with Gasteiger partial charge in [0.15, 0.2) is 0 Å². The molecule has 3 rings (SSSR count). The molecule has 0 aliphatic heterocycles. The van der Waals surface area contributed by atoms with Gasteiger partial charge in [0, 0.05) is 23.3 Å². The normalized spacial score (nSPS) is 12.5. The Labute approximate surface area is 137 Å². The van der Waals surface area contributed by atoms with E-state index >= 15 is 0 Å². The van der Waals surface area contributed by atoms with Gasteiger partial charge in [-0.15, -0.1) is 0 Å². The van der Waals surface area contributed by atoms with E-state index in [1.807, 2.05) is 26.0 Å². The number of phenolic OH excluding ortho intramolecular Hbond substituents is 1. The average molecular weight is 326 g/mol. The number of aromatic hydroxyl groups is 1. The Morgan fingerprint density at radius 3 is 2.75 bits per heavy atom. The van der Waals surface area contributed by atoms with Crippen LogP contribution in [0.3, 0.4) is 0 Å². The summed E-state index contributed by atoms with van der Waals surface area (Å²) in [5, 5.41) is 14.3. The minimum absolute atomic E-state index is 0.0201. The number of H-pyrrole nitrogens is 2. The molecule has 1 atom stereocenters. The van der Waals surface area contributed by atoms with E-state index in [0.29, 0.717) is 11.1 Å². The van der Waals surface area contributed by atoms with Crippen molar-refractivity contribution in [2.24, 2.45) is 5.92 Å². The Balaban J connectivity index is 1.98. The molecule has 0 bridgehead atoms. The Morgan fingerprint density at radius 1 is 1.29 bits per heavy atom. The molecular formula is C17H18N4O3. The van der Waals surface area contributed by atoms with Crippen molar-refractivity contribution in [3.05, 3.63) is 58.4 Å². The van der Waals surface area contributed by atoms with Gasteiger partial charge in [-0.3, -0.25) is 9.78 Å². The molecule has 124 valence electrons. The molecule has 1 unspecified atom stereocenters. The number of nitrogens with one attached hydrogen (secondary N) is 3. The first-order chi connectivity index (χ1) is 11.5. The van der Waals surface area contributed by atoms with Crippen LogP contribution in [0.4, 0.5) is 0 Å². The quantitative estimate of drug-likeness (QED) is 0.588. The van der Waals surface area contributed by atoms with Gasteiger partial charge >= 0.3 is 5.69 Å². The lowest BCUT2D eigenvalue weighted by Crippen LogP contribution is -2.32. The van der Waals surface area contributed by atoms with Gasteiger partial charge in [-0.25, -0.2) is 4.79 Å². The zero-order valence-corrected chi connectivity index (χ0v) is 13.3. The summed E-state index contributed by atoms with van der Waals surface area (Å²) in [7, 11) is 0. The molecule has 0 radical (unpaired) electrons. The molecule has 3 aromatic rings. The number of amides is 1. The molecule has 0 fully saturated rings. The summed E-state index contributed by atoms with van der Waals surface area (Å²) < 4.78 is 0. The molecule has 7 heteroatoms. The van der Waals surface area contributed by atoms with Crippen LogP contribution >= 0.6 is 0 Å². The molecule has 0 saturated heterocycles. The molecule has 4 N–H and O–H groups in total. The number of nitrogens with zero attached hydrogens (tertiary/aromatic N) is 1. The van der Waals surface area contributed by atoms with Gasteiger partial charge in [0.25, 0.3) is 5.91 Å². The first-order valence-corrected chi connectivity index (χ1v) is 7.62. The van der Waals surface area contributed by atoms with Crippen molar-refractivity contribution < 1.29 is 9.90 Å². The van der Waals surface area contributed by atoms with Gasteiger partial charge < -0.3 is 20.4 Å². The molecule has 2 aromatic heterocycles. The molecule has 7 nitrogen and oxygen atoms in total. The number of benzene rings is 1. The molecule has 1 aromatic carbocycles. The van der Waals surface area contributed by atoms with Gasteiger partial charge in [-0.1, -0.05) is 32.0 Å². The first-order valence-electron chi connectivity index (χ1n) is 7.62. The van der Waals surface area contributed by atoms with Crippen LogP contribution in [-0.2, 0) is 0 Å². The van der Waals surface area contributed by atoms with E-state index in [0.717, 1.165) is 5.39 Å². The molecule has 0 spiro atoms. The highest BCUT2D eigenvalue weighted by atomic mass is 16.3. The van der Waals surface area contributed by atoms with Gasteiger partial charge in [-0.05, 0) is 12.0 Å². The van der Waals surface area contributed by atoms with Crippen molar-refractivity contribution in [1.82, 2.24) is 20.3 Å². The number of pyridine rings is 1. The number of rotatable bonds is 4. The molecule has 24 heavy (non-hydrogen) atoms. The highest BCUT2D eigenvalue weighted by Gasteiger charge is 2.24. The summed E-state index contributed by atoms with van der Waals surface area (Å²) in [6.45, 7) is 3.87. The minimum atomic E-state index is -0.445. The Morgan fingerprint density at radius 2 is 2.08 bits per heavy atom. The second-order valence-corrected chi connectivity index (χ2v) is 5.93. The number of hydrogen-bond donors (Lipinski definition) is 4. The van der Waals surface area contributed by atoms with Crippen molar-refractivity contribution in [3.63, 3.8) is 0 Å². The summed E-state index contributed by atoms with van der Waals surface area (Å²) in [5.41, 5.74) is 0.774. The van der Waals surface area contributed by atoms with E-state index in [1.54, 1.807) is 18.3 Å². The molecule has 0 aliphatic carbocycles. The van der Waals surface area contributed by atoms with Crippen LogP contribution in [0.1, 0.15) is 35.9 Å². The molecule has 1 amide bonds. The van der Waals surface area contributed by atoms with Crippen LogP contribution in [-0.4, -0.2) is 26.0 Å².